The quantitative estimate of drug-likeness (QED) is 0.876. The van der Waals surface area contributed by atoms with Crippen molar-refractivity contribution in [3.63, 3.8) is 0 Å². The third-order valence-electron chi connectivity index (χ3n) is 3.02. The molecule has 9 heteroatoms. The molecule has 2 amide bonds. The SMILES string of the molecule is CC(=O)N1CS(=O)(=O)CC1C(=O)Nc1ccc(Cl)cc1Cl. The van der Waals surface area contributed by atoms with E-state index in [0.29, 0.717) is 10.7 Å². The van der Waals surface area contributed by atoms with Crippen molar-refractivity contribution >= 4 is 50.5 Å². The molecule has 1 N–H and O–H groups in total. The highest BCUT2D eigenvalue weighted by atomic mass is 35.5. The number of rotatable bonds is 2. The number of anilines is 1. The number of carbonyl (C=O) groups is 2. The van der Waals surface area contributed by atoms with Gasteiger partial charge in [-0.1, -0.05) is 23.2 Å². The largest absolute Gasteiger partial charge is 0.323 e. The Morgan fingerprint density at radius 3 is 2.57 bits per heavy atom. The lowest BCUT2D eigenvalue weighted by atomic mass is 10.2. The van der Waals surface area contributed by atoms with E-state index in [1.54, 1.807) is 0 Å². The summed E-state index contributed by atoms with van der Waals surface area (Å²) in [5, 5.41) is 3.15. The van der Waals surface area contributed by atoms with Crippen molar-refractivity contribution in [1.82, 2.24) is 4.90 Å². The molecular weight excluding hydrogens is 339 g/mol. The smallest absolute Gasteiger partial charge is 0.248 e. The standard InChI is InChI=1S/C12H12Cl2N2O4S/c1-7(17)16-6-21(19,20)5-11(16)12(18)15-10-3-2-8(13)4-9(10)14/h2-4,11H,5-6H2,1H3,(H,15,18). The average molecular weight is 351 g/mol. The summed E-state index contributed by atoms with van der Waals surface area (Å²) in [7, 11) is -3.45. The van der Waals surface area contributed by atoms with Crippen LogP contribution >= 0.6 is 23.2 Å². The number of amides is 2. The Kier molecular flexibility index (Phi) is 4.46. The minimum atomic E-state index is -3.45. The van der Waals surface area contributed by atoms with Crippen LogP contribution in [0.15, 0.2) is 18.2 Å². The fraction of sp³-hybridized carbons (Fsp3) is 0.333. The Labute approximate surface area is 131 Å². The lowest BCUT2D eigenvalue weighted by molar-refractivity contribution is -0.134. The Hall–Kier alpha value is -1.31. The fourth-order valence-corrected chi connectivity index (χ4v) is 4.18. The highest BCUT2D eigenvalue weighted by molar-refractivity contribution is 7.91. The van der Waals surface area contributed by atoms with Crippen LogP contribution < -0.4 is 5.32 Å². The zero-order valence-electron chi connectivity index (χ0n) is 11.0. The van der Waals surface area contributed by atoms with E-state index in [-0.39, 0.29) is 5.02 Å². The monoisotopic (exact) mass is 350 g/mol. The number of benzene rings is 1. The van der Waals surface area contributed by atoms with E-state index in [4.69, 9.17) is 23.2 Å². The van der Waals surface area contributed by atoms with E-state index >= 15 is 0 Å². The highest BCUT2D eigenvalue weighted by Crippen LogP contribution is 2.26. The highest BCUT2D eigenvalue weighted by Gasteiger charge is 2.41. The number of nitrogens with one attached hydrogen (secondary N) is 1. The molecule has 1 atom stereocenters. The van der Waals surface area contributed by atoms with Gasteiger partial charge in [0.05, 0.1) is 16.5 Å². The van der Waals surface area contributed by atoms with Gasteiger partial charge < -0.3 is 10.2 Å². The first-order valence-electron chi connectivity index (χ1n) is 5.93. The Morgan fingerprint density at radius 2 is 2.00 bits per heavy atom. The van der Waals surface area contributed by atoms with Crippen LogP contribution in [0, 0.1) is 0 Å². The van der Waals surface area contributed by atoms with Crippen LogP contribution in [-0.4, -0.2) is 42.8 Å². The van der Waals surface area contributed by atoms with E-state index in [1.165, 1.54) is 25.1 Å². The first-order valence-corrected chi connectivity index (χ1v) is 8.51. The molecule has 0 radical (unpaired) electrons. The number of carbonyl (C=O) groups excluding carboxylic acids is 2. The summed E-state index contributed by atoms with van der Waals surface area (Å²) in [6.07, 6.45) is 0. The van der Waals surface area contributed by atoms with Gasteiger partial charge in [0.15, 0.2) is 9.84 Å². The molecule has 0 spiro atoms. The van der Waals surface area contributed by atoms with Gasteiger partial charge in [-0.2, -0.15) is 0 Å². The fourth-order valence-electron chi connectivity index (χ4n) is 2.02. The van der Waals surface area contributed by atoms with Crippen LogP contribution in [0.5, 0.6) is 0 Å². The van der Waals surface area contributed by atoms with Crippen molar-refractivity contribution in [2.24, 2.45) is 0 Å². The van der Waals surface area contributed by atoms with Gasteiger partial charge in [0.25, 0.3) is 0 Å². The van der Waals surface area contributed by atoms with Crippen LogP contribution in [0.25, 0.3) is 0 Å². The molecule has 1 fully saturated rings. The van der Waals surface area contributed by atoms with Gasteiger partial charge in [-0.15, -0.1) is 0 Å². The van der Waals surface area contributed by atoms with Crippen LogP contribution in [0.1, 0.15) is 6.92 Å². The Morgan fingerprint density at radius 1 is 1.33 bits per heavy atom. The average Bonchev–Trinajstić information content (AvgIpc) is 2.69. The maximum Gasteiger partial charge on any atom is 0.248 e. The third kappa shape index (κ3) is 3.66. The molecule has 1 aliphatic rings. The zero-order valence-corrected chi connectivity index (χ0v) is 13.3. The second-order valence-electron chi connectivity index (χ2n) is 4.66. The van der Waals surface area contributed by atoms with Gasteiger partial charge in [0.1, 0.15) is 11.9 Å². The van der Waals surface area contributed by atoms with Gasteiger partial charge in [-0.25, -0.2) is 8.42 Å². The maximum atomic E-state index is 12.2. The third-order valence-corrected chi connectivity index (χ3v) is 5.06. The van der Waals surface area contributed by atoms with E-state index in [9.17, 15) is 18.0 Å². The number of hydrogen-bond donors (Lipinski definition) is 1. The summed E-state index contributed by atoms with van der Waals surface area (Å²) in [6, 6.07) is 3.44. The van der Waals surface area contributed by atoms with Gasteiger partial charge in [-0.3, -0.25) is 9.59 Å². The molecule has 0 aromatic heterocycles. The lowest BCUT2D eigenvalue weighted by Crippen LogP contribution is -2.43. The van der Waals surface area contributed by atoms with Crippen molar-refractivity contribution in [2.75, 3.05) is 16.9 Å². The number of halogens is 2. The molecule has 1 saturated heterocycles. The zero-order chi connectivity index (χ0) is 15.8. The van der Waals surface area contributed by atoms with Crippen molar-refractivity contribution < 1.29 is 18.0 Å². The molecular formula is C12H12Cl2N2O4S. The number of sulfone groups is 1. The van der Waals surface area contributed by atoms with Crippen molar-refractivity contribution in [3.8, 4) is 0 Å². The van der Waals surface area contributed by atoms with Crippen molar-refractivity contribution in [3.05, 3.63) is 28.2 Å². The van der Waals surface area contributed by atoms with Gasteiger partial charge in [0.2, 0.25) is 11.8 Å². The molecule has 2 rings (SSSR count). The molecule has 1 heterocycles. The van der Waals surface area contributed by atoms with Gasteiger partial charge in [-0.05, 0) is 18.2 Å². The van der Waals surface area contributed by atoms with Crippen LogP contribution in [0.4, 0.5) is 5.69 Å². The predicted octanol–water partition coefficient (Wildman–Crippen LogP) is 1.53. The second kappa shape index (κ2) is 5.82. The summed E-state index contributed by atoms with van der Waals surface area (Å²) >= 11 is 11.7. The Bertz CT molecular complexity index is 705. The minimum absolute atomic E-state index is 0.228. The molecule has 6 nitrogen and oxygen atoms in total. The van der Waals surface area contributed by atoms with Crippen LogP contribution in [-0.2, 0) is 19.4 Å². The minimum Gasteiger partial charge on any atom is -0.323 e. The predicted molar refractivity (Wildman–Crippen MR) is 80.1 cm³/mol. The summed E-state index contributed by atoms with van der Waals surface area (Å²) in [5.41, 5.74) is 0.305. The summed E-state index contributed by atoms with van der Waals surface area (Å²) in [6.45, 7) is 1.22. The molecule has 114 valence electrons. The van der Waals surface area contributed by atoms with Gasteiger partial charge >= 0.3 is 0 Å². The van der Waals surface area contributed by atoms with E-state index in [0.717, 1.165) is 4.90 Å². The van der Waals surface area contributed by atoms with Gasteiger partial charge in [0, 0.05) is 11.9 Å². The van der Waals surface area contributed by atoms with Crippen LogP contribution in [0.3, 0.4) is 0 Å². The topological polar surface area (TPSA) is 83.6 Å². The number of hydrogen-bond acceptors (Lipinski definition) is 4. The van der Waals surface area contributed by atoms with Crippen molar-refractivity contribution in [2.45, 2.75) is 13.0 Å². The lowest BCUT2D eigenvalue weighted by Gasteiger charge is -2.20. The first-order chi connectivity index (χ1) is 9.69. The molecule has 1 aliphatic heterocycles. The molecule has 0 saturated carbocycles. The molecule has 21 heavy (non-hydrogen) atoms. The molecule has 0 bridgehead atoms. The molecule has 1 aromatic carbocycles. The molecule has 0 aliphatic carbocycles. The summed E-state index contributed by atoms with van der Waals surface area (Å²) < 4.78 is 23.2. The summed E-state index contributed by atoms with van der Waals surface area (Å²) in [4.78, 5) is 24.7. The molecule has 1 unspecified atom stereocenters. The van der Waals surface area contributed by atoms with Crippen molar-refractivity contribution in [1.29, 1.82) is 0 Å². The summed E-state index contributed by atoms with van der Waals surface area (Å²) in [5.74, 6) is -1.92. The maximum absolute atomic E-state index is 12.2. The van der Waals surface area contributed by atoms with E-state index in [2.05, 4.69) is 5.32 Å². The normalized spacial score (nSPS) is 20.3. The Balaban J connectivity index is 2.21. The van der Waals surface area contributed by atoms with Crippen LogP contribution in [0.2, 0.25) is 10.0 Å². The molecule has 1 aromatic rings. The van der Waals surface area contributed by atoms with E-state index < -0.39 is 39.3 Å². The van der Waals surface area contributed by atoms with E-state index in [1.807, 2.05) is 0 Å². The second-order valence-corrected chi connectivity index (χ2v) is 7.58. The number of nitrogens with zero attached hydrogens (tertiary/aromatic N) is 1. The first kappa shape index (κ1) is 16.1.